The molecule has 0 spiro atoms. The largest absolute Gasteiger partial charge is 0.395 e. The summed E-state index contributed by atoms with van der Waals surface area (Å²) in [5, 5.41) is 8.03. The maximum absolute atomic E-state index is 11.6. The van der Waals surface area contributed by atoms with Crippen LogP contribution in [0.25, 0.3) is 0 Å². The third kappa shape index (κ3) is 4.92. The molecule has 15 heavy (non-hydrogen) atoms. The number of likely N-dealkylation sites (N-methyl/N-ethyl adjacent to an activating group) is 1. The van der Waals surface area contributed by atoms with Crippen LogP contribution in [0.5, 0.6) is 0 Å². The van der Waals surface area contributed by atoms with Crippen molar-refractivity contribution >= 4 is 10.0 Å². The molecule has 5 nitrogen and oxygen atoms in total. The summed E-state index contributed by atoms with van der Waals surface area (Å²) in [5.74, 6) is 0. The average Bonchev–Trinajstić information content (AvgIpc) is 2.15. The van der Waals surface area contributed by atoms with Crippen molar-refractivity contribution in [2.24, 2.45) is 0 Å². The Balaban J connectivity index is 4.15. The zero-order chi connectivity index (χ0) is 12.1. The van der Waals surface area contributed by atoms with Crippen LogP contribution in [0.2, 0.25) is 0 Å². The van der Waals surface area contributed by atoms with E-state index in [0.29, 0.717) is 13.2 Å². The third-order valence-corrected chi connectivity index (χ3v) is 4.27. The number of sulfonamides is 1. The molecule has 1 unspecified atom stereocenters. The molecule has 1 atom stereocenters. The summed E-state index contributed by atoms with van der Waals surface area (Å²) in [5.41, 5.74) is 0. The van der Waals surface area contributed by atoms with E-state index in [2.05, 4.69) is 0 Å². The Morgan fingerprint density at radius 3 is 2.27 bits per heavy atom. The lowest BCUT2D eigenvalue weighted by Gasteiger charge is -2.21. The zero-order valence-electron chi connectivity index (χ0n) is 9.80. The highest BCUT2D eigenvalue weighted by Gasteiger charge is 2.24. The van der Waals surface area contributed by atoms with Crippen LogP contribution in [0.1, 0.15) is 20.8 Å². The Morgan fingerprint density at radius 2 is 1.87 bits per heavy atom. The van der Waals surface area contributed by atoms with Gasteiger partial charge in [0, 0.05) is 13.6 Å². The molecule has 0 aromatic rings. The molecule has 1 N–H and O–H groups in total. The molecule has 0 bridgehead atoms. The lowest BCUT2D eigenvalue weighted by Crippen LogP contribution is -2.38. The molecule has 6 heteroatoms. The van der Waals surface area contributed by atoms with Crippen molar-refractivity contribution in [2.75, 3.05) is 26.8 Å². The van der Waals surface area contributed by atoms with Crippen LogP contribution in [0.3, 0.4) is 0 Å². The Morgan fingerprint density at radius 1 is 1.33 bits per heavy atom. The number of nitrogens with zero attached hydrogens (tertiary/aromatic N) is 1. The second-order valence-corrected chi connectivity index (χ2v) is 6.24. The van der Waals surface area contributed by atoms with Crippen LogP contribution in [0.4, 0.5) is 0 Å². The molecule has 0 saturated carbocycles. The van der Waals surface area contributed by atoms with Crippen molar-refractivity contribution in [1.82, 2.24) is 4.31 Å². The summed E-state index contributed by atoms with van der Waals surface area (Å²) in [4.78, 5) is 0. The van der Waals surface area contributed by atoms with Crippen molar-refractivity contribution in [3.63, 3.8) is 0 Å². The molecule has 0 rings (SSSR count). The molecule has 0 aliphatic carbocycles. The highest BCUT2D eigenvalue weighted by molar-refractivity contribution is 7.89. The first kappa shape index (κ1) is 14.8. The van der Waals surface area contributed by atoms with Gasteiger partial charge in [0.2, 0.25) is 10.0 Å². The molecule has 0 aromatic carbocycles. The van der Waals surface area contributed by atoms with Gasteiger partial charge in [-0.3, -0.25) is 0 Å². The molecular formula is C9H21NO4S. The molecule has 0 fully saturated rings. The van der Waals surface area contributed by atoms with Gasteiger partial charge in [-0.1, -0.05) is 0 Å². The number of aliphatic hydroxyl groups is 1. The van der Waals surface area contributed by atoms with Gasteiger partial charge in [0.25, 0.3) is 0 Å². The second-order valence-electron chi connectivity index (χ2n) is 3.78. The van der Waals surface area contributed by atoms with Crippen LogP contribution in [0, 0.1) is 0 Å². The number of ether oxygens (including phenoxy) is 1. The molecule has 0 aliphatic heterocycles. The number of aliphatic hydroxyl groups excluding tert-OH is 1. The van der Waals surface area contributed by atoms with Crippen molar-refractivity contribution in [3.05, 3.63) is 0 Å². The molecule has 0 saturated heterocycles. The van der Waals surface area contributed by atoms with Gasteiger partial charge in [-0.2, -0.15) is 0 Å². The minimum Gasteiger partial charge on any atom is -0.395 e. The van der Waals surface area contributed by atoms with E-state index in [4.69, 9.17) is 9.84 Å². The van der Waals surface area contributed by atoms with Gasteiger partial charge in [-0.15, -0.1) is 0 Å². The predicted octanol–water partition coefficient (Wildman–Crippen LogP) is 0.0538. The first-order chi connectivity index (χ1) is 6.82. The molecule has 0 radical (unpaired) electrons. The van der Waals surface area contributed by atoms with E-state index in [-0.39, 0.29) is 12.7 Å². The third-order valence-electron chi connectivity index (χ3n) is 2.06. The minimum atomic E-state index is -3.38. The van der Waals surface area contributed by atoms with E-state index in [1.165, 1.54) is 18.3 Å². The standard InChI is InChI=1S/C9H21NO4S/c1-8(2)14-6-5-10(4)15(12,13)9(3)7-11/h8-9,11H,5-7H2,1-4H3. The van der Waals surface area contributed by atoms with Gasteiger partial charge in [0.05, 0.1) is 24.6 Å². The molecular weight excluding hydrogens is 218 g/mol. The van der Waals surface area contributed by atoms with Gasteiger partial charge < -0.3 is 9.84 Å². The Labute approximate surface area is 92.1 Å². The normalized spacial score (nSPS) is 14.9. The number of hydrogen-bond acceptors (Lipinski definition) is 4. The molecule has 92 valence electrons. The fourth-order valence-corrected chi connectivity index (χ4v) is 2.08. The van der Waals surface area contributed by atoms with Gasteiger partial charge >= 0.3 is 0 Å². The van der Waals surface area contributed by atoms with Crippen LogP contribution in [-0.4, -0.2) is 56.0 Å². The number of rotatable bonds is 7. The van der Waals surface area contributed by atoms with Crippen LogP contribution in [0.15, 0.2) is 0 Å². The van der Waals surface area contributed by atoms with E-state index in [1.807, 2.05) is 13.8 Å². The molecule has 0 aromatic heterocycles. The Bertz CT molecular complexity index is 263. The van der Waals surface area contributed by atoms with Crippen molar-refractivity contribution in [1.29, 1.82) is 0 Å². The fraction of sp³-hybridized carbons (Fsp3) is 1.00. The van der Waals surface area contributed by atoms with Crippen LogP contribution in [-0.2, 0) is 14.8 Å². The Kier molecular flexibility index (Phi) is 6.35. The lowest BCUT2D eigenvalue weighted by molar-refractivity contribution is 0.0735. The maximum Gasteiger partial charge on any atom is 0.218 e. The first-order valence-electron chi connectivity index (χ1n) is 5.00. The van der Waals surface area contributed by atoms with Crippen molar-refractivity contribution in [2.45, 2.75) is 32.1 Å². The fourth-order valence-electron chi connectivity index (χ4n) is 0.946. The van der Waals surface area contributed by atoms with E-state index >= 15 is 0 Å². The quantitative estimate of drug-likeness (QED) is 0.682. The SMILES string of the molecule is CC(C)OCCN(C)S(=O)(=O)C(C)CO. The van der Waals surface area contributed by atoms with Crippen molar-refractivity contribution < 1.29 is 18.3 Å². The summed E-state index contributed by atoms with van der Waals surface area (Å²) >= 11 is 0. The molecule has 0 heterocycles. The highest BCUT2D eigenvalue weighted by Crippen LogP contribution is 2.05. The number of hydrogen-bond donors (Lipinski definition) is 1. The van der Waals surface area contributed by atoms with Gasteiger partial charge in [0.15, 0.2) is 0 Å². The monoisotopic (exact) mass is 239 g/mol. The minimum absolute atomic E-state index is 0.0939. The predicted molar refractivity (Wildman–Crippen MR) is 59.2 cm³/mol. The summed E-state index contributed by atoms with van der Waals surface area (Å²) in [6, 6.07) is 0. The molecule has 0 amide bonds. The van der Waals surface area contributed by atoms with E-state index in [9.17, 15) is 8.42 Å². The summed E-state index contributed by atoms with van der Waals surface area (Å²) in [6.07, 6.45) is 0.0939. The van der Waals surface area contributed by atoms with Gasteiger partial charge in [0.1, 0.15) is 0 Å². The van der Waals surface area contributed by atoms with Crippen molar-refractivity contribution in [3.8, 4) is 0 Å². The smallest absolute Gasteiger partial charge is 0.218 e. The summed E-state index contributed by atoms with van der Waals surface area (Å²) in [6.45, 7) is 5.58. The summed E-state index contributed by atoms with van der Waals surface area (Å²) in [7, 11) is -1.89. The average molecular weight is 239 g/mol. The van der Waals surface area contributed by atoms with Crippen LogP contribution < -0.4 is 0 Å². The topological polar surface area (TPSA) is 66.8 Å². The second kappa shape index (κ2) is 6.42. The molecule has 0 aliphatic rings. The zero-order valence-corrected chi connectivity index (χ0v) is 10.6. The van der Waals surface area contributed by atoms with Gasteiger partial charge in [-0.05, 0) is 20.8 Å². The van der Waals surface area contributed by atoms with E-state index in [0.717, 1.165) is 0 Å². The summed E-state index contributed by atoms with van der Waals surface area (Å²) < 4.78 is 29.8. The maximum atomic E-state index is 11.6. The van der Waals surface area contributed by atoms with E-state index in [1.54, 1.807) is 0 Å². The lowest BCUT2D eigenvalue weighted by atomic mass is 10.5. The van der Waals surface area contributed by atoms with E-state index < -0.39 is 15.3 Å². The first-order valence-corrected chi connectivity index (χ1v) is 6.50. The Hall–Kier alpha value is -0.170. The highest BCUT2D eigenvalue weighted by atomic mass is 32.2. The van der Waals surface area contributed by atoms with Crippen LogP contribution >= 0.6 is 0 Å². The van der Waals surface area contributed by atoms with Gasteiger partial charge in [-0.25, -0.2) is 12.7 Å².